The summed E-state index contributed by atoms with van der Waals surface area (Å²) in [6, 6.07) is 19.0. The summed E-state index contributed by atoms with van der Waals surface area (Å²) in [6.07, 6.45) is 2.25. The van der Waals surface area contributed by atoms with Crippen LogP contribution >= 0.6 is 22.6 Å². The Balaban J connectivity index is 1.73. The van der Waals surface area contributed by atoms with Crippen LogP contribution in [0.3, 0.4) is 0 Å². The summed E-state index contributed by atoms with van der Waals surface area (Å²) in [4.78, 5) is 4.59. The smallest absolute Gasteiger partial charge is 0.172 e. The molecule has 3 aromatic rings. The third kappa shape index (κ3) is 2.81. The largest absolute Gasteiger partial charge is 0.319 e. The summed E-state index contributed by atoms with van der Waals surface area (Å²) in [5.74, 6) is 0. The van der Waals surface area contributed by atoms with E-state index in [1.165, 1.54) is 11.1 Å². The fraction of sp³-hybridized carbons (Fsp3) is 0.188. The van der Waals surface area contributed by atoms with Crippen LogP contribution in [-0.2, 0) is 13.0 Å². The molecule has 0 spiro atoms. The van der Waals surface area contributed by atoms with Crippen LogP contribution in [0.2, 0.25) is 0 Å². The van der Waals surface area contributed by atoms with Crippen molar-refractivity contribution in [3.8, 4) is 0 Å². The first-order chi connectivity index (χ1) is 9.34. The van der Waals surface area contributed by atoms with Gasteiger partial charge in [0.15, 0.2) is 3.83 Å². The molecule has 96 valence electrons. The topological polar surface area (TPSA) is 17.8 Å². The molecule has 2 nitrogen and oxygen atoms in total. The molecule has 1 heterocycles. The summed E-state index contributed by atoms with van der Waals surface area (Å²) >= 11 is 2.32. The molecule has 0 aliphatic rings. The molecule has 0 amide bonds. The molecule has 3 rings (SSSR count). The van der Waals surface area contributed by atoms with Gasteiger partial charge in [-0.05, 0) is 53.1 Å². The zero-order valence-corrected chi connectivity index (χ0v) is 12.7. The van der Waals surface area contributed by atoms with Crippen molar-refractivity contribution in [3.05, 3.63) is 64.0 Å². The fourth-order valence-corrected chi connectivity index (χ4v) is 3.11. The molecule has 19 heavy (non-hydrogen) atoms. The van der Waals surface area contributed by atoms with Gasteiger partial charge in [0.25, 0.3) is 0 Å². The molecule has 0 saturated heterocycles. The lowest BCUT2D eigenvalue weighted by atomic mass is 10.1. The van der Waals surface area contributed by atoms with E-state index in [0.29, 0.717) is 0 Å². The van der Waals surface area contributed by atoms with E-state index >= 15 is 0 Å². The quantitative estimate of drug-likeness (QED) is 0.634. The fourth-order valence-electron chi connectivity index (χ4n) is 2.34. The Labute approximate surface area is 126 Å². The van der Waals surface area contributed by atoms with Gasteiger partial charge in [-0.25, -0.2) is 4.98 Å². The number of rotatable bonds is 4. The van der Waals surface area contributed by atoms with Gasteiger partial charge in [0.2, 0.25) is 0 Å². The maximum absolute atomic E-state index is 4.59. The first-order valence-electron chi connectivity index (χ1n) is 6.49. The van der Waals surface area contributed by atoms with Crippen LogP contribution < -0.4 is 0 Å². The van der Waals surface area contributed by atoms with E-state index in [1.807, 2.05) is 6.07 Å². The van der Waals surface area contributed by atoms with Crippen molar-refractivity contribution in [1.82, 2.24) is 9.55 Å². The van der Waals surface area contributed by atoms with Crippen LogP contribution in [0.15, 0.2) is 54.6 Å². The maximum Gasteiger partial charge on any atom is 0.172 e. The lowest BCUT2D eigenvalue weighted by Gasteiger charge is -2.06. The molecule has 0 fully saturated rings. The van der Waals surface area contributed by atoms with Crippen molar-refractivity contribution in [3.63, 3.8) is 0 Å². The van der Waals surface area contributed by atoms with Crippen LogP contribution in [0.4, 0.5) is 0 Å². The predicted molar refractivity (Wildman–Crippen MR) is 87.2 cm³/mol. The number of imidazole rings is 1. The minimum atomic E-state index is 1.02. The average Bonchev–Trinajstić information content (AvgIpc) is 2.76. The molecular formula is C16H15IN2. The van der Waals surface area contributed by atoms with E-state index in [0.717, 1.165) is 28.7 Å². The van der Waals surface area contributed by atoms with E-state index < -0.39 is 0 Å². The summed E-state index contributed by atoms with van der Waals surface area (Å²) in [5.41, 5.74) is 3.73. The van der Waals surface area contributed by atoms with Crippen molar-refractivity contribution in [2.45, 2.75) is 19.4 Å². The van der Waals surface area contributed by atoms with E-state index in [1.54, 1.807) is 0 Å². The van der Waals surface area contributed by atoms with Gasteiger partial charge in [-0.3, -0.25) is 0 Å². The lowest BCUT2D eigenvalue weighted by molar-refractivity contribution is 0.644. The van der Waals surface area contributed by atoms with Crippen LogP contribution in [0.5, 0.6) is 0 Å². The zero-order valence-electron chi connectivity index (χ0n) is 10.6. The number of aromatic nitrogens is 2. The van der Waals surface area contributed by atoms with Crippen molar-refractivity contribution < 1.29 is 0 Å². The Bertz CT molecular complexity index is 674. The van der Waals surface area contributed by atoms with Gasteiger partial charge in [-0.15, -0.1) is 0 Å². The Kier molecular flexibility index (Phi) is 3.82. The maximum atomic E-state index is 4.59. The van der Waals surface area contributed by atoms with Gasteiger partial charge in [0.1, 0.15) is 0 Å². The number of halogens is 1. The minimum Gasteiger partial charge on any atom is -0.319 e. The van der Waals surface area contributed by atoms with Gasteiger partial charge >= 0.3 is 0 Å². The van der Waals surface area contributed by atoms with Crippen LogP contribution in [0, 0.1) is 3.83 Å². The Hall–Kier alpha value is -1.36. The summed E-state index contributed by atoms with van der Waals surface area (Å²) in [5, 5.41) is 0. The third-order valence-electron chi connectivity index (χ3n) is 3.30. The molecule has 0 radical (unpaired) electrons. The number of hydrogen-bond donors (Lipinski definition) is 0. The van der Waals surface area contributed by atoms with Gasteiger partial charge in [-0.2, -0.15) is 0 Å². The monoisotopic (exact) mass is 362 g/mol. The average molecular weight is 362 g/mol. The standard InChI is InChI=1S/C16H15IN2/c17-16-18-14-10-4-5-11-15(14)19(16)12-6-9-13-7-2-1-3-8-13/h1-5,7-8,10-11H,6,9,12H2. The van der Waals surface area contributed by atoms with E-state index in [-0.39, 0.29) is 0 Å². The molecule has 0 atom stereocenters. The number of hydrogen-bond acceptors (Lipinski definition) is 1. The minimum absolute atomic E-state index is 1.02. The lowest BCUT2D eigenvalue weighted by Crippen LogP contribution is -2.01. The van der Waals surface area contributed by atoms with E-state index in [4.69, 9.17) is 0 Å². The summed E-state index contributed by atoms with van der Waals surface area (Å²) in [6.45, 7) is 1.02. The highest BCUT2D eigenvalue weighted by atomic mass is 127. The normalized spacial score (nSPS) is 11.0. The molecule has 0 bridgehead atoms. The molecule has 0 aliphatic carbocycles. The van der Waals surface area contributed by atoms with E-state index in [2.05, 4.69) is 80.7 Å². The van der Waals surface area contributed by atoms with Gasteiger partial charge in [0.05, 0.1) is 11.0 Å². The first-order valence-corrected chi connectivity index (χ1v) is 7.57. The van der Waals surface area contributed by atoms with Crippen LogP contribution in [0.25, 0.3) is 11.0 Å². The van der Waals surface area contributed by atoms with Crippen molar-refractivity contribution in [2.24, 2.45) is 0 Å². The summed E-state index contributed by atoms with van der Waals surface area (Å²) < 4.78 is 3.38. The Morgan fingerprint density at radius 1 is 0.947 bits per heavy atom. The number of benzene rings is 2. The second-order valence-corrected chi connectivity index (χ2v) is 5.58. The van der Waals surface area contributed by atoms with Crippen molar-refractivity contribution in [2.75, 3.05) is 0 Å². The molecule has 2 aromatic carbocycles. The highest BCUT2D eigenvalue weighted by molar-refractivity contribution is 14.1. The summed E-state index contributed by atoms with van der Waals surface area (Å²) in [7, 11) is 0. The molecule has 0 aliphatic heterocycles. The van der Waals surface area contributed by atoms with Gasteiger partial charge in [0, 0.05) is 6.54 Å². The molecule has 1 aromatic heterocycles. The highest BCUT2D eigenvalue weighted by Gasteiger charge is 2.06. The van der Waals surface area contributed by atoms with Gasteiger partial charge < -0.3 is 4.57 Å². The van der Waals surface area contributed by atoms with E-state index in [9.17, 15) is 0 Å². The Morgan fingerprint density at radius 2 is 1.68 bits per heavy atom. The van der Waals surface area contributed by atoms with Crippen LogP contribution in [-0.4, -0.2) is 9.55 Å². The predicted octanol–water partition coefficient (Wildman–Crippen LogP) is 4.27. The molecule has 0 saturated carbocycles. The first kappa shape index (κ1) is 12.7. The number of fused-ring (bicyclic) bond motifs is 1. The zero-order chi connectivity index (χ0) is 13.1. The second kappa shape index (κ2) is 5.74. The second-order valence-electron chi connectivity index (χ2n) is 4.61. The molecule has 3 heteroatoms. The van der Waals surface area contributed by atoms with Gasteiger partial charge in [-0.1, -0.05) is 42.5 Å². The third-order valence-corrected chi connectivity index (χ3v) is 4.12. The number of para-hydroxylation sites is 2. The SMILES string of the molecule is Ic1nc2ccccc2n1CCCc1ccccc1. The number of aryl methyl sites for hydroxylation is 2. The van der Waals surface area contributed by atoms with Crippen LogP contribution in [0.1, 0.15) is 12.0 Å². The molecular weight excluding hydrogens is 347 g/mol. The molecule has 0 N–H and O–H groups in total. The van der Waals surface area contributed by atoms with Crippen molar-refractivity contribution >= 4 is 33.6 Å². The Morgan fingerprint density at radius 3 is 2.53 bits per heavy atom. The number of nitrogens with zero attached hydrogens (tertiary/aromatic N) is 2. The highest BCUT2D eigenvalue weighted by Crippen LogP contribution is 2.18. The molecule has 0 unspecified atom stereocenters. The van der Waals surface area contributed by atoms with Crippen molar-refractivity contribution in [1.29, 1.82) is 0 Å².